The van der Waals surface area contributed by atoms with Crippen LogP contribution in [0.5, 0.6) is 0 Å². The summed E-state index contributed by atoms with van der Waals surface area (Å²) in [4.78, 5) is 4.19. The van der Waals surface area contributed by atoms with Gasteiger partial charge in [-0.3, -0.25) is 0 Å². The van der Waals surface area contributed by atoms with E-state index in [1.807, 2.05) is 0 Å². The summed E-state index contributed by atoms with van der Waals surface area (Å²) in [5.74, 6) is 1.08. The van der Waals surface area contributed by atoms with E-state index in [0.717, 1.165) is 13.0 Å². The maximum Gasteiger partial charge on any atom is 0.153 e. The van der Waals surface area contributed by atoms with E-state index in [2.05, 4.69) is 23.9 Å². The number of sulfone groups is 1. The van der Waals surface area contributed by atoms with Crippen molar-refractivity contribution in [3.63, 3.8) is 0 Å². The average molecular weight is 301 g/mol. The normalized spacial score (nSPS) is 27.4. The van der Waals surface area contributed by atoms with E-state index < -0.39 is 20.7 Å². The highest BCUT2D eigenvalue weighted by atomic mass is 32.2. The van der Waals surface area contributed by atoms with Gasteiger partial charge in [0, 0.05) is 19.2 Å². The molecular formula is C13H23N3O3S. The van der Waals surface area contributed by atoms with Crippen LogP contribution in [0.4, 0.5) is 0 Å². The van der Waals surface area contributed by atoms with Gasteiger partial charge in [-0.15, -0.1) is 0 Å². The largest absolute Gasteiger partial charge is 0.388 e. The van der Waals surface area contributed by atoms with Gasteiger partial charge in [-0.05, 0) is 25.2 Å². The van der Waals surface area contributed by atoms with Gasteiger partial charge in [0.15, 0.2) is 9.84 Å². The Morgan fingerprint density at radius 1 is 1.55 bits per heavy atom. The summed E-state index contributed by atoms with van der Waals surface area (Å²) < 4.78 is 25.4. The maximum atomic E-state index is 11.8. The molecule has 2 atom stereocenters. The fraction of sp³-hybridized carbons (Fsp3) is 0.846. The second-order valence-corrected chi connectivity index (χ2v) is 8.47. The first-order valence-electron chi connectivity index (χ1n) is 7.00. The van der Waals surface area contributed by atoms with Crippen LogP contribution in [0.3, 0.4) is 0 Å². The molecule has 1 N–H and O–H groups in total. The molecule has 6 nitrogen and oxygen atoms in total. The molecule has 1 aliphatic carbocycles. The van der Waals surface area contributed by atoms with Crippen LogP contribution >= 0.6 is 0 Å². The highest BCUT2D eigenvalue weighted by molar-refractivity contribution is 7.91. The average Bonchev–Trinajstić information content (AvgIpc) is 2.85. The van der Waals surface area contributed by atoms with E-state index in [1.54, 1.807) is 4.68 Å². The van der Waals surface area contributed by atoms with Crippen LogP contribution in [-0.4, -0.2) is 45.4 Å². The third kappa shape index (κ3) is 3.20. The van der Waals surface area contributed by atoms with Crippen LogP contribution < -0.4 is 0 Å². The zero-order chi connectivity index (χ0) is 15.0. The van der Waals surface area contributed by atoms with E-state index in [9.17, 15) is 13.5 Å². The maximum absolute atomic E-state index is 11.8. The van der Waals surface area contributed by atoms with Crippen LogP contribution in [0.25, 0.3) is 0 Å². The number of aromatic nitrogens is 3. The second-order valence-electron chi connectivity index (χ2n) is 6.24. The number of rotatable bonds is 5. The highest BCUT2D eigenvalue weighted by Gasteiger charge is 2.47. The summed E-state index contributed by atoms with van der Waals surface area (Å²) in [6, 6.07) is 0. The molecule has 0 aliphatic heterocycles. The molecule has 0 spiro atoms. The Morgan fingerprint density at radius 3 is 2.85 bits per heavy atom. The van der Waals surface area contributed by atoms with Crippen molar-refractivity contribution in [1.29, 1.82) is 0 Å². The van der Waals surface area contributed by atoms with E-state index in [0.29, 0.717) is 24.6 Å². The number of aliphatic hydroxyl groups is 1. The molecule has 1 heterocycles. The van der Waals surface area contributed by atoms with Gasteiger partial charge in [-0.1, -0.05) is 13.8 Å². The van der Waals surface area contributed by atoms with Crippen molar-refractivity contribution in [2.75, 3.05) is 6.26 Å². The zero-order valence-electron chi connectivity index (χ0n) is 12.3. The van der Waals surface area contributed by atoms with Crippen molar-refractivity contribution in [2.24, 2.45) is 5.92 Å². The van der Waals surface area contributed by atoms with Crippen molar-refractivity contribution in [2.45, 2.75) is 56.9 Å². The van der Waals surface area contributed by atoms with Gasteiger partial charge in [-0.25, -0.2) is 18.1 Å². The predicted molar refractivity (Wildman–Crippen MR) is 76.0 cm³/mol. The van der Waals surface area contributed by atoms with Crippen molar-refractivity contribution in [1.82, 2.24) is 14.8 Å². The topological polar surface area (TPSA) is 85.1 Å². The zero-order valence-corrected chi connectivity index (χ0v) is 13.1. The smallest absolute Gasteiger partial charge is 0.153 e. The summed E-state index contributed by atoms with van der Waals surface area (Å²) in [7, 11) is -3.26. The van der Waals surface area contributed by atoms with Gasteiger partial charge in [0.1, 0.15) is 12.2 Å². The molecule has 1 fully saturated rings. The molecule has 0 amide bonds. The lowest BCUT2D eigenvalue weighted by Gasteiger charge is -2.28. The molecule has 1 saturated carbocycles. The van der Waals surface area contributed by atoms with Crippen LogP contribution in [0.15, 0.2) is 6.33 Å². The minimum Gasteiger partial charge on any atom is -0.388 e. The fourth-order valence-electron chi connectivity index (χ4n) is 3.04. The van der Waals surface area contributed by atoms with Gasteiger partial charge in [0.2, 0.25) is 0 Å². The Labute approximate surface area is 120 Å². The van der Waals surface area contributed by atoms with E-state index >= 15 is 0 Å². The van der Waals surface area contributed by atoms with Gasteiger partial charge in [-0.2, -0.15) is 5.10 Å². The Hall–Kier alpha value is -0.950. The minimum atomic E-state index is -3.26. The Balaban J connectivity index is 2.22. The molecule has 0 saturated heterocycles. The van der Waals surface area contributed by atoms with E-state index in [4.69, 9.17) is 0 Å². The molecule has 0 bridgehead atoms. The van der Waals surface area contributed by atoms with Crippen LogP contribution in [0.2, 0.25) is 0 Å². The standard InChI is InChI=1S/C13H23N3O3S/c1-10(2)8-16-12(14-9-15-16)7-13(17)6-4-5-11(13)20(3,18)19/h9-11,17H,4-8H2,1-3H3. The SMILES string of the molecule is CC(C)Cn1ncnc1CC1(O)CCCC1S(C)(=O)=O. The number of hydrogen-bond donors (Lipinski definition) is 1. The third-order valence-electron chi connectivity index (χ3n) is 3.89. The summed E-state index contributed by atoms with van der Waals surface area (Å²) in [6.07, 6.45) is 4.66. The molecule has 7 heteroatoms. The van der Waals surface area contributed by atoms with Gasteiger partial charge < -0.3 is 5.11 Å². The molecule has 0 radical (unpaired) electrons. The van der Waals surface area contributed by atoms with E-state index in [-0.39, 0.29) is 6.42 Å². The minimum absolute atomic E-state index is 0.247. The molecule has 1 aromatic rings. The molecule has 20 heavy (non-hydrogen) atoms. The summed E-state index contributed by atoms with van der Waals surface area (Å²) in [6.45, 7) is 4.87. The molecule has 1 aromatic heterocycles. The first-order chi connectivity index (χ1) is 9.22. The monoisotopic (exact) mass is 301 g/mol. The number of hydrogen-bond acceptors (Lipinski definition) is 5. The third-order valence-corrected chi connectivity index (χ3v) is 5.60. The van der Waals surface area contributed by atoms with Gasteiger partial charge in [0.05, 0.1) is 10.9 Å². The Bertz CT molecular complexity index is 567. The number of nitrogens with zero attached hydrogens (tertiary/aromatic N) is 3. The Morgan fingerprint density at radius 2 is 2.25 bits per heavy atom. The second kappa shape index (κ2) is 5.44. The molecule has 0 aromatic carbocycles. The van der Waals surface area contributed by atoms with Crippen LogP contribution in [0, 0.1) is 5.92 Å². The van der Waals surface area contributed by atoms with Gasteiger partial charge in [0.25, 0.3) is 0 Å². The first kappa shape index (κ1) is 15.4. The summed E-state index contributed by atoms with van der Waals surface area (Å²) in [5, 5.41) is 14.2. The van der Waals surface area contributed by atoms with Crippen molar-refractivity contribution in [3.05, 3.63) is 12.2 Å². The molecule has 2 rings (SSSR count). The quantitative estimate of drug-likeness (QED) is 0.869. The lowest BCUT2D eigenvalue weighted by atomic mass is 9.97. The highest BCUT2D eigenvalue weighted by Crippen LogP contribution is 2.36. The summed E-state index contributed by atoms with van der Waals surface area (Å²) >= 11 is 0. The predicted octanol–water partition coefficient (Wildman–Crippen LogP) is 0.805. The van der Waals surface area contributed by atoms with E-state index in [1.165, 1.54) is 12.6 Å². The molecule has 114 valence electrons. The lowest BCUT2D eigenvalue weighted by molar-refractivity contribution is 0.0479. The van der Waals surface area contributed by atoms with Crippen molar-refractivity contribution >= 4 is 9.84 Å². The fourth-order valence-corrected chi connectivity index (χ4v) is 4.63. The molecule has 1 aliphatic rings. The first-order valence-corrected chi connectivity index (χ1v) is 8.96. The molecule has 2 unspecified atom stereocenters. The van der Waals surface area contributed by atoms with Gasteiger partial charge >= 0.3 is 0 Å². The van der Waals surface area contributed by atoms with Crippen molar-refractivity contribution < 1.29 is 13.5 Å². The van der Waals surface area contributed by atoms with Crippen molar-refractivity contribution in [3.8, 4) is 0 Å². The molecular weight excluding hydrogens is 278 g/mol. The van der Waals surface area contributed by atoms with Crippen LogP contribution in [0.1, 0.15) is 38.9 Å². The lowest BCUT2D eigenvalue weighted by Crippen LogP contribution is -2.44. The Kier molecular flexibility index (Phi) is 4.20. The summed E-state index contributed by atoms with van der Waals surface area (Å²) in [5.41, 5.74) is -1.21. The van der Waals surface area contributed by atoms with Crippen LogP contribution in [-0.2, 0) is 22.8 Å².